The van der Waals surface area contributed by atoms with Crippen LogP contribution in [0.4, 0.5) is 0 Å². The van der Waals surface area contributed by atoms with E-state index in [9.17, 15) is 0 Å². The van der Waals surface area contributed by atoms with E-state index in [1.807, 2.05) is 18.5 Å². The molecule has 2 aromatic rings. The molecule has 0 aliphatic rings. The molecule has 2 N–H and O–H groups in total. The fourth-order valence-corrected chi connectivity index (χ4v) is 2.21. The van der Waals surface area contributed by atoms with Crippen molar-refractivity contribution in [3.05, 3.63) is 30.1 Å². The van der Waals surface area contributed by atoms with Crippen LogP contribution >= 0.6 is 0 Å². The lowest BCUT2D eigenvalue weighted by Gasteiger charge is -2.25. The molecule has 0 aromatic carbocycles. The van der Waals surface area contributed by atoms with Crippen LogP contribution in [0.15, 0.2) is 24.5 Å². The van der Waals surface area contributed by atoms with E-state index in [1.54, 1.807) is 0 Å². The fourth-order valence-electron chi connectivity index (χ4n) is 2.21. The lowest BCUT2D eigenvalue weighted by Crippen LogP contribution is -2.38. The molecule has 3 nitrogen and oxygen atoms in total. The van der Waals surface area contributed by atoms with Crippen LogP contribution in [0.5, 0.6) is 0 Å². The van der Waals surface area contributed by atoms with Crippen molar-refractivity contribution in [2.75, 3.05) is 0 Å². The van der Waals surface area contributed by atoms with Gasteiger partial charge < -0.3 is 10.3 Å². The maximum Gasteiger partial charge on any atom is 0.137 e. The molecule has 0 saturated carbocycles. The third-order valence-electron chi connectivity index (χ3n) is 3.17. The molecule has 0 radical (unpaired) electrons. The molecule has 0 aliphatic heterocycles. The van der Waals surface area contributed by atoms with Crippen LogP contribution in [0, 0.1) is 0 Å². The number of hydrogen-bond donors (Lipinski definition) is 2. The van der Waals surface area contributed by atoms with Gasteiger partial charge in [0.05, 0.1) is 0 Å². The lowest BCUT2D eigenvalue weighted by molar-refractivity contribution is 0.357. The van der Waals surface area contributed by atoms with Gasteiger partial charge in [0.1, 0.15) is 5.65 Å². The normalized spacial score (nSPS) is 12.2. The van der Waals surface area contributed by atoms with E-state index in [0.717, 1.165) is 12.2 Å². The SMILES string of the molecule is CCCC(C)(C)NCc1c[nH]c2ncccc12. The van der Waals surface area contributed by atoms with Crippen molar-refractivity contribution in [3.8, 4) is 0 Å². The predicted molar refractivity (Wildman–Crippen MR) is 71.9 cm³/mol. The third-order valence-corrected chi connectivity index (χ3v) is 3.17. The maximum atomic E-state index is 4.30. The summed E-state index contributed by atoms with van der Waals surface area (Å²) in [5.41, 5.74) is 2.45. The second-order valence-electron chi connectivity index (χ2n) is 5.20. The number of hydrogen-bond acceptors (Lipinski definition) is 2. The highest BCUT2D eigenvalue weighted by Gasteiger charge is 2.16. The molecule has 17 heavy (non-hydrogen) atoms. The molecular weight excluding hydrogens is 210 g/mol. The highest BCUT2D eigenvalue weighted by molar-refractivity contribution is 5.79. The highest BCUT2D eigenvalue weighted by atomic mass is 15.0. The summed E-state index contributed by atoms with van der Waals surface area (Å²) in [4.78, 5) is 7.50. The van der Waals surface area contributed by atoms with Crippen molar-refractivity contribution in [2.24, 2.45) is 0 Å². The van der Waals surface area contributed by atoms with Gasteiger partial charge in [-0.05, 0) is 38.0 Å². The van der Waals surface area contributed by atoms with Crippen LogP contribution < -0.4 is 5.32 Å². The largest absolute Gasteiger partial charge is 0.346 e. The first-order chi connectivity index (χ1) is 8.12. The van der Waals surface area contributed by atoms with Crippen molar-refractivity contribution in [1.82, 2.24) is 15.3 Å². The van der Waals surface area contributed by atoms with Gasteiger partial charge >= 0.3 is 0 Å². The second-order valence-corrected chi connectivity index (χ2v) is 5.20. The summed E-state index contributed by atoms with van der Waals surface area (Å²) in [6.45, 7) is 7.62. The number of pyridine rings is 1. The summed E-state index contributed by atoms with van der Waals surface area (Å²) in [5, 5.41) is 4.82. The number of aromatic nitrogens is 2. The van der Waals surface area contributed by atoms with Crippen LogP contribution in [-0.4, -0.2) is 15.5 Å². The predicted octanol–water partition coefficient (Wildman–Crippen LogP) is 3.23. The average Bonchev–Trinajstić information content (AvgIpc) is 2.70. The molecule has 2 rings (SSSR count). The molecule has 0 aliphatic carbocycles. The monoisotopic (exact) mass is 231 g/mol. The van der Waals surface area contributed by atoms with Crippen molar-refractivity contribution in [2.45, 2.75) is 45.7 Å². The Balaban J connectivity index is 2.09. The summed E-state index contributed by atoms with van der Waals surface area (Å²) in [6.07, 6.45) is 6.26. The molecule has 92 valence electrons. The summed E-state index contributed by atoms with van der Waals surface area (Å²) >= 11 is 0. The quantitative estimate of drug-likeness (QED) is 0.829. The van der Waals surface area contributed by atoms with Gasteiger partial charge in [-0.25, -0.2) is 4.98 Å². The molecular formula is C14H21N3. The van der Waals surface area contributed by atoms with Gasteiger partial charge in [0, 0.05) is 29.9 Å². The van der Waals surface area contributed by atoms with Gasteiger partial charge in [-0.2, -0.15) is 0 Å². The van der Waals surface area contributed by atoms with E-state index in [0.29, 0.717) is 0 Å². The number of fused-ring (bicyclic) bond motifs is 1. The number of nitrogens with one attached hydrogen (secondary N) is 2. The zero-order valence-corrected chi connectivity index (χ0v) is 10.9. The van der Waals surface area contributed by atoms with E-state index in [1.165, 1.54) is 23.8 Å². The molecule has 2 heterocycles. The Morgan fingerprint density at radius 1 is 1.41 bits per heavy atom. The Kier molecular flexibility index (Phi) is 3.48. The Labute approximate surface area is 103 Å². The van der Waals surface area contributed by atoms with E-state index in [4.69, 9.17) is 0 Å². The van der Waals surface area contributed by atoms with E-state index >= 15 is 0 Å². The number of rotatable bonds is 5. The summed E-state index contributed by atoms with van der Waals surface area (Å²) in [7, 11) is 0. The van der Waals surface area contributed by atoms with Crippen molar-refractivity contribution < 1.29 is 0 Å². The first-order valence-corrected chi connectivity index (χ1v) is 6.28. The molecule has 0 amide bonds. The maximum absolute atomic E-state index is 4.30. The molecule has 0 unspecified atom stereocenters. The zero-order chi connectivity index (χ0) is 12.3. The molecule has 0 atom stereocenters. The minimum atomic E-state index is 0.195. The topological polar surface area (TPSA) is 40.7 Å². The highest BCUT2D eigenvalue weighted by Crippen LogP contribution is 2.17. The number of H-pyrrole nitrogens is 1. The van der Waals surface area contributed by atoms with Gasteiger partial charge in [-0.3, -0.25) is 0 Å². The minimum Gasteiger partial charge on any atom is -0.346 e. The van der Waals surface area contributed by atoms with Crippen molar-refractivity contribution >= 4 is 11.0 Å². The molecule has 3 heteroatoms. The van der Waals surface area contributed by atoms with E-state index in [-0.39, 0.29) is 5.54 Å². The average molecular weight is 231 g/mol. The van der Waals surface area contributed by atoms with Gasteiger partial charge in [-0.1, -0.05) is 13.3 Å². The Bertz CT molecular complexity index is 485. The lowest BCUT2D eigenvalue weighted by atomic mass is 9.98. The second kappa shape index (κ2) is 4.88. The van der Waals surface area contributed by atoms with Gasteiger partial charge in [-0.15, -0.1) is 0 Å². The summed E-state index contributed by atoms with van der Waals surface area (Å²) < 4.78 is 0. The Morgan fingerprint density at radius 3 is 3.00 bits per heavy atom. The fraction of sp³-hybridized carbons (Fsp3) is 0.500. The Morgan fingerprint density at radius 2 is 2.24 bits per heavy atom. The first-order valence-electron chi connectivity index (χ1n) is 6.28. The van der Waals surface area contributed by atoms with Crippen LogP contribution in [0.2, 0.25) is 0 Å². The summed E-state index contributed by atoms with van der Waals surface area (Å²) in [6, 6.07) is 4.10. The molecule has 0 saturated heterocycles. The summed E-state index contributed by atoms with van der Waals surface area (Å²) in [5.74, 6) is 0. The standard InChI is InChI=1S/C14H21N3/c1-4-7-14(2,3)17-10-11-9-16-13-12(11)6-5-8-15-13/h5-6,8-9,17H,4,7,10H2,1-3H3,(H,15,16). The van der Waals surface area contributed by atoms with Gasteiger partial charge in [0.2, 0.25) is 0 Å². The van der Waals surface area contributed by atoms with E-state index in [2.05, 4.69) is 42.1 Å². The van der Waals surface area contributed by atoms with Crippen LogP contribution in [0.1, 0.15) is 39.2 Å². The van der Waals surface area contributed by atoms with E-state index < -0.39 is 0 Å². The minimum absolute atomic E-state index is 0.195. The molecule has 2 aromatic heterocycles. The van der Waals surface area contributed by atoms with Gasteiger partial charge in [0.15, 0.2) is 0 Å². The smallest absolute Gasteiger partial charge is 0.137 e. The molecule has 0 fully saturated rings. The molecule has 0 spiro atoms. The Hall–Kier alpha value is -1.35. The van der Waals surface area contributed by atoms with Crippen LogP contribution in [0.3, 0.4) is 0 Å². The number of nitrogens with zero attached hydrogens (tertiary/aromatic N) is 1. The molecule has 0 bridgehead atoms. The van der Waals surface area contributed by atoms with Crippen molar-refractivity contribution in [3.63, 3.8) is 0 Å². The van der Waals surface area contributed by atoms with Crippen LogP contribution in [0.25, 0.3) is 11.0 Å². The first kappa shape index (κ1) is 12.1. The van der Waals surface area contributed by atoms with Gasteiger partial charge in [0.25, 0.3) is 0 Å². The van der Waals surface area contributed by atoms with Crippen molar-refractivity contribution in [1.29, 1.82) is 0 Å². The number of aromatic amines is 1. The zero-order valence-electron chi connectivity index (χ0n) is 10.9. The third kappa shape index (κ3) is 2.86. The van der Waals surface area contributed by atoms with Crippen LogP contribution in [-0.2, 0) is 6.54 Å².